The summed E-state index contributed by atoms with van der Waals surface area (Å²) >= 11 is 0. The predicted octanol–water partition coefficient (Wildman–Crippen LogP) is 5.43. The molecule has 0 fully saturated rings. The van der Waals surface area contributed by atoms with Crippen LogP contribution < -0.4 is 0 Å². The number of phosphoric acid groups is 1. The average molecular weight is 322 g/mol. The maximum Gasteiger partial charge on any atom is 0.469 e. The normalized spacial score (nSPS) is 15.1. The van der Waals surface area contributed by atoms with Crippen molar-refractivity contribution in [1.82, 2.24) is 0 Å². The molecule has 0 aromatic carbocycles. The molecule has 0 aliphatic rings. The van der Waals surface area contributed by atoms with Gasteiger partial charge in [0, 0.05) is 0 Å². The fraction of sp³-hybridized carbons (Fsp3) is 1.00. The maximum atomic E-state index is 11.2. The van der Waals surface area contributed by atoms with Crippen molar-refractivity contribution in [1.29, 1.82) is 0 Å². The Bertz CT molecular complexity index is 277. The maximum absolute atomic E-state index is 11.2. The third kappa shape index (κ3) is 12.3. The van der Waals surface area contributed by atoms with Gasteiger partial charge in [0.15, 0.2) is 0 Å². The highest BCUT2D eigenvalue weighted by Crippen LogP contribution is 2.41. The fourth-order valence-corrected chi connectivity index (χ4v) is 3.44. The van der Waals surface area contributed by atoms with E-state index < -0.39 is 7.82 Å². The minimum atomic E-state index is -4.39. The minimum Gasteiger partial charge on any atom is -0.303 e. The highest BCUT2D eigenvalue weighted by atomic mass is 31.2. The molecule has 128 valence electrons. The van der Waals surface area contributed by atoms with E-state index in [-0.39, 0.29) is 12.0 Å². The van der Waals surface area contributed by atoms with E-state index in [1.54, 1.807) is 0 Å². The second kappa shape index (κ2) is 12.6. The molecule has 2 unspecified atom stereocenters. The van der Waals surface area contributed by atoms with Crippen LogP contribution in [0.4, 0.5) is 0 Å². The molecule has 0 spiro atoms. The molecule has 0 saturated carbocycles. The van der Waals surface area contributed by atoms with Gasteiger partial charge in [0.1, 0.15) is 0 Å². The molecule has 0 bridgehead atoms. The summed E-state index contributed by atoms with van der Waals surface area (Å²) in [5.74, 6) is 0.260. The van der Waals surface area contributed by atoms with Crippen LogP contribution in [-0.2, 0) is 9.09 Å². The molecular formula is C16H35O4P. The molecule has 21 heavy (non-hydrogen) atoms. The highest BCUT2D eigenvalue weighted by molar-refractivity contribution is 7.46. The Labute approximate surface area is 130 Å². The number of hydrogen-bond donors (Lipinski definition) is 2. The molecular weight excluding hydrogens is 287 g/mol. The molecule has 0 aliphatic heterocycles. The topological polar surface area (TPSA) is 66.8 Å². The fourth-order valence-electron chi connectivity index (χ4n) is 2.81. The van der Waals surface area contributed by atoms with Gasteiger partial charge in [0.05, 0.1) is 6.10 Å². The van der Waals surface area contributed by atoms with Crippen LogP contribution >= 0.6 is 7.82 Å². The van der Waals surface area contributed by atoms with Gasteiger partial charge in [-0.3, -0.25) is 4.52 Å². The van der Waals surface area contributed by atoms with E-state index in [9.17, 15) is 4.57 Å². The number of phosphoric ester groups is 1. The van der Waals surface area contributed by atoms with Crippen LogP contribution in [0.3, 0.4) is 0 Å². The van der Waals surface area contributed by atoms with Crippen molar-refractivity contribution >= 4 is 7.82 Å². The first-order valence-electron chi connectivity index (χ1n) is 8.68. The SMILES string of the molecule is CCCCCCCC(OP(=O)(O)O)C(CC)CCCCC. The third-order valence-electron chi connectivity index (χ3n) is 4.09. The molecule has 0 radical (unpaired) electrons. The van der Waals surface area contributed by atoms with Crippen LogP contribution in [0.2, 0.25) is 0 Å². The Morgan fingerprint density at radius 3 is 1.90 bits per heavy atom. The molecule has 0 amide bonds. The van der Waals surface area contributed by atoms with E-state index in [1.165, 1.54) is 25.7 Å². The van der Waals surface area contributed by atoms with E-state index in [2.05, 4.69) is 20.8 Å². The van der Waals surface area contributed by atoms with Crippen LogP contribution in [0.15, 0.2) is 0 Å². The summed E-state index contributed by atoms with van der Waals surface area (Å²) in [6.07, 6.45) is 11.6. The molecule has 0 aromatic heterocycles. The quantitative estimate of drug-likeness (QED) is 0.330. The first-order chi connectivity index (χ1) is 9.94. The predicted molar refractivity (Wildman–Crippen MR) is 88.2 cm³/mol. The summed E-state index contributed by atoms with van der Waals surface area (Å²) in [4.78, 5) is 18.3. The van der Waals surface area contributed by atoms with Crippen LogP contribution in [0, 0.1) is 5.92 Å². The summed E-state index contributed by atoms with van der Waals surface area (Å²) in [6, 6.07) is 0. The summed E-state index contributed by atoms with van der Waals surface area (Å²) in [5.41, 5.74) is 0. The van der Waals surface area contributed by atoms with E-state index in [1.807, 2.05) is 0 Å². The Hall–Kier alpha value is 0.110. The number of hydrogen-bond acceptors (Lipinski definition) is 2. The number of unbranched alkanes of at least 4 members (excludes halogenated alkanes) is 6. The van der Waals surface area contributed by atoms with Gasteiger partial charge in [-0.1, -0.05) is 78.6 Å². The molecule has 0 saturated heterocycles. The first-order valence-corrected chi connectivity index (χ1v) is 10.2. The van der Waals surface area contributed by atoms with E-state index in [0.717, 1.165) is 44.9 Å². The minimum absolute atomic E-state index is 0.260. The second-order valence-electron chi connectivity index (χ2n) is 6.00. The average Bonchev–Trinajstić information content (AvgIpc) is 2.41. The lowest BCUT2D eigenvalue weighted by molar-refractivity contribution is 0.0726. The zero-order valence-corrected chi connectivity index (χ0v) is 15.0. The monoisotopic (exact) mass is 322 g/mol. The van der Waals surface area contributed by atoms with Crippen LogP contribution in [0.25, 0.3) is 0 Å². The molecule has 0 aromatic rings. The molecule has 4 nitrogen and oxygen atoms in total. The standard InChI is InChI=1S/C16H35O4P/c1-4-7-9-10-12-14-16(20-21(17,18)19)15(6-3)13-11-8-5-2/h15-16H,4-14H2,1-3H3,(H2,17,18,19). The lowest BCUT2D eigenvalue weighted by Gasteiger charge is -2.26. The summed E-state index contributed by atoms with van der Waals surface area (Å²) in [7, 11) is -4.39. The largest absolute Gasteiger partial charge is 0.469 e. The van der Waals surface area contributed by atoms with Crippen molar-refractivity contribution in [2.45, 2.75) is 97.5 Å². The van der Waals surface area contributed by atoms with Crippen molar-refractivity contribution in [2.24, 2.45) is 5.92 Å². The Morgan fingerprint density at radius 2 is 1.38 bits per heavy atom. The summed E-state index contributed by atoms with van der Waals surface area (Å²) in [5, 5.41) is 0. The van der Waals surface area contributed by atoms with Crippen molar-refractivity contribution < 1.29 is 18.9 Å². The van der Waals surface area contributed by atoms with Crippen molar-refractivity contribution in [3.63, 3.8) is 0 Å². The molecule has 5 heteroatoms. The van der Waals surface area contributed by atoms with Crippen molar-refractivity contribution in [2.75, 3.05) is 0 Å². The second-order valence-corrected chi connectivity index (χ2v) is 7.19. The van der Waals surface area contributed by atoms with E-state index >= 15 is 0 Å². The van der Waals surface area contributed by atoms with Gasteiger partial charge >= 0.3 is 7.82 Å². The lowest BCUT2D eigenvalue weighted by atomic mass is 9.90. The molecule has 0 aliphatic carbocycles. The molecule has 0 rings (SSSR count). The Kier molecular flexibility index (Phi) is 12.7. The van der Waals surface area contributed by atoms with Gasteiger partial charge in [0.25, 0.3) is 0 Å². The van der Waals surface area contributed by atoms with Crippen LogP contribution in [0.1, 0.15) is 91.4 Å². The van der Waals surface area contributed by atoms with Gasteiger partial charge in [-0.25, -0.2) is 4.57 Å². The zero-order valence-electron chi connectivity index (χ0n) is 14.1. The van der Waals surface area contributed by atoms with Crippen LogP contribution in [0.5, 0.6) is 0 Å². The third-order valence-corrected chi connectivity index (χ3v) is 4.64. The Balaban J connectivity index is 4.36. The Morgan fingerprint density at radius 1 is 0.857 bits per heavy atom. The number of rotatable bonds is 14. The summed E-state index contributed by atoms with van der Waals surface area (Å²) < 4.78 is 16.3. The van der Waals surface area contributed by atoms with Gasteiger partial charge in [0.2, 0.25) is 0 Å². The molecule has 0 heterocycles. The highest BCUT2D eigenvalue weighted by Gasteiger charge is 2.27. The van der Waals surface area contributed by atoms with Crippen molar-refractivity contribution in [3.8, 4) is 0 Å². The molecule has 2 N–H and O–H groups in total. The van der Waals surface area contributed by atoms with Crippen LogP contribution in [-0.4, -0.2) is 15.9 Å². The van der Waals surface area contributed by atoms with Gasteiger partial charge in [-0.2, -0.15) is 0 Å². The smallest absolute Gasteiger partial charge is 0.303 e. The first kappa shape index (κ1) is 21.1. The van der Waals surface area contributed by atoms with E-state index in [0.29, 0.717) is 0 Å². The molecule has 2 atom stereocenters. The lowest BCUT2D eigenvalue weighted by Crippen LogP contribution is -2.23. The zero-order chi connectivity index (χ0) is 16.1. The summed E-state index contributed by atoms with van der Waals surface area (Å²) in [6.45, 7) is 6.43. The van der Waals surface area contributed by atoms with Gasteiger partial charge in [-0.15, -0.1) is 0 Å². The van der Waals surface area contributed by atoms with E-state index in [4.69, 9.17) is 14.3 Å². The van der Waals surface area contributed by atoms with Gasteiger partial charge < -0.3 is 9.79 Å². The van der Waals surface area contributed by atoms with Crippen molar-refractivity contribution in [3.05, 3.63) is 0 Å². The van der Waals surface area contributed by atoms with Gasteiger partial charge in [-0.05, 0) is 18.8 Å².